The molecular formula is C14H15N3O2. The molecule has 0 aliphatic heterocycles. The number of hydrogen-bond donors (Lipinski definition) is 1. The lowest BCUT2D eigenvalue weighted by Crippen LogP contribution is -2.36. The third kappa shape index (κ3) is 2.01. The van der Waals surface area contributed by atoms with Gasteiger partial charge in [0.2, 0.25) is 5.91 Å². The second-order valence-corrected chi connectivity index (χ2v) is 5.11. The second-order valence-electron chi connectivity index (χ2n) is 5.11. The fourth-order valence-corrected chi connectivity index (χ4v) is 2.26. The minimum absolute atomic E-state index is 0.0257. The number of hydrogen-bond acceptors (Lipinski definition) is 3. The summed E-state index contributed by atoms with van der Waals surface area (Å²) in [5, 5.41) is 0.511. The first-order valence-corrected chi connectivity index (χ1v) is 6.37. The zero-order valence-corrected chi connectivity index (χ0v) is 10.9. The molecule has 5 nitrogen and oxygen atoms in total. The van der Waals surface area contributed by atoms with Gasteiger partial charge >= 0.3 is 0 Å². The van der Waals surface area contributed by atoms with E-state index in [1.807, 2.05) is 13.0 Å². The standard InChI is InChI=1S/C14H15N3O2/c1-8-7-11(8)13(18)16-17-9(2)15-12-6-4-3-5-10(12)14(17)19/h3-6,8,11H,7H2,1-2H3,(H,16,18)/t8-,11-/m0/s1. The fourth-order valence-electron chi connectivity index (χ4n) is 2.26. The topological polar surface area (TPSA) is 64.0 Å². The molecule has 0 radical (unpaired) electrons. The fraction of sp³-hybridized carbons (Fsp3) is 0.357. The van der Waals surface area contributed by atoms with Crippen molar-refractivity contribution in [2.45, 2.75) is 20.3 Å². The van der Waals surface area contributed by atoms with Gasteiger partial charge in [0.1, 0.15) is 5.82 Å². The molecule has 0 saturated heterocycles. The Balaban J connectivity index is 2.03. The van der Waals surface area contributed by atoms with Crippen LogP contribution in [0.3, 0.4) is 0 Å². The van der Waals surface area contributed by atoms with Crippen LogP contribution in [0.2, 0.25) is 0 Å². The van der Waals surface area contributed by atoms with Crippen LogP contribution in [0, 0.1) is 18.8 Å². The Morgan fingerprint density at radius 2 is 2.11 bits per heavy atom. The molecule has 1 amide bonds. The van der Waals surface area contributed by atoms with Gasteiger partial charge in [0.25, 0.3) is 5.56 Å². The average molecular weight is 257 g/mol. The molecule has 0 bridgehead atoms. The van der Waals surface area contributed by atoms with Crippen molar-refractivity contribution in [1.29, 1.82) is 0 Å². The van der Waals surface area contributed by atoms with Crippen LogP contribution in [0.25, 0.3) is 10.9 Å². The highest BCUT2D eigenvalue weighted by Gasteiger charge is 2.39. The minimum Gasteiger partial charge on any atom is -0.273 e. The molecule has 1 aromatic carbocycles. The maximum atomic E-state index is 12.3. The molecule has 1 N–H and O–H groups in total. The zero-order valence-electron chi connectivity index (χ0n) is 10.9. The zero-order chi connectivity index (χ0) is 13.6. The summed E-state index contributed by atoms with van der Waals surface area (Å²) in [4.78, 5) is 28.6. The molecule has 1 fully saturated rings. The number of aromatic nitrogens is 2. The van der Waals surface area contributed by atoms with E-state index < -0.39 is 0 Å². The van der Waals surface area contributed by atoms with Crippen LogP contribution in [-0.4, -0.2) is 15.6 Å². The van der Waals surface area contributed by atoms with Crippen molar-refractivity contribution in [3.05, 3.63) is 40.4 Å². The molecule has 0 spiro atoms. The van der Waals surface area contributed by atoms with Crippen molar-refractivity contribution in [3.63, 3.8) is 0 Å². The molecule has 1 aliphatic carbocycles. The van der Waals surface area contributed by atoms with Crippen molar-refractivity contribution >= 4 is 16.8 Å². The van der Waals surface area contributed by atoms with Gasteiger partial charge in [-0.1, -0.05) is 19.1 Å². The van der Waals surface area contributed by atoms with Gasteiger partial charge in [-0.2, -0.15) is 0 Å². The number of nitrogens with one attached hydrogen (secondary N) is 1. The maximum Gasteiger partial charge on any atom is 0.280 e. The summed E-state index contributed by atoms with van der Waals surface area (Å²) in [5.41, 5.74) is 3.08. The first-order valence-electron chi connectivity index (χ1n) is 6.37. The first kappa shape index (κ1) is 11.9. The summed E-state index contributed by atoms with van der Waals surface area (Å²) < 4.78 is 1.25. The highest BCUT2D eigenvalue weighted by Crippen LogP contribution is 2.37. The number of carbonyl (C=O) groups excluding carboxylic acids is 1. The molecule has 1 heterocycles. The summed E-state index contributed by atoms with van der Waals surface area (Å²) in [5.74, 6) is 0.822. The third-order valence-electron chi connectivity index (χ3n) is 3.61. The number of rotatable bonds is 2. The Bertz CT molecular complexity index is 720. The number of aryl methyl sites for hydroxylation is 1. The number of benzene rings is 1. The van der Waals surface area contributed by atoms with Crippen LogP contribution in [0.5, 0.6) is 0 Å². The van der Waals surface area contributed by atoms with Gasteiger partial charge in [0.15, 0.2) is 0 Å². The van der Waals surface area contributed by atoms with E-state index in [4.69, 9.17) is 0 Å². The average Bonchev–Trinajstić information content (AvgIpc) is 3.11. The summed E-state index contributed by atoms with van der Waals surface area (Å²) in [6, 6.07) is 7.13. The monoisotopic (exact) mass is 257 g/mol. The molecule has 2 aromatic rings. The Morgan fingerprint density at radius 3 is 2.79 bits per heavy atom. The minimum atomic E-state index is -0.232. The van der Waals surface area contributed by atoms with Gasteiger partial charge in [-0.3, -0.25) is 15.0 Å². The molecular weight excluding hydrogens is 242 g/mol. The summed E-state index contributed by atoms with van der Waals surface area (Å²) in [6.07, 6.45) is 0.890. The Morgan fingerprint density at radius 1 is 1.42 bits per heavy atom. The molecule has 1 aliphatic rings. The Kier molecular flexibility index (Phi) is 2.62. The normalized spacial score (nSPS) is 21.4. The summed E-state index contributed by atoms with van der Waals surface area (Å²) >= 11 is 0. The second kappa shape index (κ2) is 4.19. The van der Waals surface area contributed by atoms with Crippen LogP contribution < -0.4 is 11.0 Å². The quantitative estimate of drug-likeness (QED) is 0.885. The number of para-hydroxylation sites is 1. The summed E-state index contributed by atoms with van der Waals surface area (Å²) in [7, 11) is 0. The third-order valence-corrected chi connectivity index (χ3v) is 3.61. The van der Waals surface area contributed by atoms with Gasteiger partial charge in [-0.15, -0.1) is 0 Å². The predicted octanol–water partition coefficient (Wildman–Crippen LogP) is 1.43. The van der Waals surface area contributed by atoms with Crippen LogP contribution in [0.4, 0.5) is 0 Å². The van der Waals surface area contributed by atoms with E-state index in [1.165, 1.54) is 4.68 Å². The van der Waals surface area contributed by atoms with Gasteiger partial charge < -0.3 is 0 Å². The van der Waals surface area contributed by atoms with E-state index in [-0.39, 0.29) is 17.4 Å². The van der Waals surface area contributed by atoms with E-state index in [2.05, 4.69) is 10.4 Å². The van der Waals surface area contributed by atoms with E-state index in [0.717, 1.165) is 6.42 Å². The Hall–Kier alpha value is -2.17. The Labute approximate surface area is 110 Å². The van der Waals surface area contributed by atoms with Gasteiger partial charge in [-0.05, 0) is 31.4 Å². The lowest BCUT2D eigenvalue weighted by molar-refractivity contribution is -0.118. The van der Waals surface area contributed by atoms with Crippen LogP contribution >= 0.6 is 0 Å². The number of amides is 1. The van der Waals surface area contributed by atoms with E-state index in [1.54, 1.807) is 25.1 Å². The smallest absolute Gasteiger partial charge is 0.273 e. The molecule has 5 heteroatoms. The lowest BCUT2D eigenvalue weighted by atomic mass is 10.2. The van der Waals surface area contributed by atoms with E-state index >= 15 is 0 Å². The molecule has 0 unspecified atom stereocenters. The maximum absolute atomic E-state index is 12.3. The molecule has 1 saturated carbocycles. The first-order chi connectivity index (χ1) is 9.08. The van der Waals surface area contributed by atoms with E-state index in [9.17, 15) is 9.59 Å². The molecule has 98 valence electrons. The largest absolute Gasteiger partial charge is 0.280 e. The van der Waals surface area contributed by atoms with Crippen molar-refractivity contribution in [2.24, 2.45) is 11.8 Å². The molecule has 2 atom stereocenters. The number of fused-ring (bicyclic) bond motifs is 1. The van der Waals surface area contributed by atoms with Crippen LogP contribution in [0.1, 0.15) is 19.2 Å². The summed E-state index contributed by atoms with van der Waals surface area (Å²) in [6.45, 7) is 3.74. The molecule has 19 heavy (non-hydrogen) atoms. The highest BCUT2D eigenvalue weighted by molar-refractivity contribution is 5.88. The number of nitrogens with zero attached hydrogens (tertiary/aromatic N) is 2. The van der Waals surface area contributed by atoms with Crippen LogP contribution in [-0.2, 0) is 4.79 Å². The number of carbonyl (C=O) groups is 1. The van der Waals surface area contributed by atoms with E-state index in [0.29, 0.717) is 22.6 Å². The van der Waals surface area contributed by atoms with Crippen molar-refractivity contribution in [3.8, 4) is 0 Å². The SMILES string of the molecule is Cc1nc2ccccc2c(=O)n1NC(=O)[C@H]1C[C@@H]1C. The van der Waals surface area contributed by atoms with Gasteiger partial charge in [0.05, 0.1) is 10.9 Å². The van der Waals surface area contributed by atoms with Gasteiger partial charge in [-0.25, -0.2) is 9.66 Å². The van der Waals surface area contributed by atoms with Crippen molar-refractivity contribution in [1.82, 2.24) is 9.66 Å². The highest BCUT2D eigenvalue weighted by atomic mass is 16.2. The molecule has 3 rings (SSSR count). The predicted molar refractivity (Wildman–Crippen MR) is 72.4 cm³/mol. The van der Waals surface area contributed by atoms with Gasteiger partial charge in [0, 0.05) is 5.92 Å². The van der Waals surface area contributed by atoms with Crippen molar-refractivity contribution < 1.29 is 4.79 Å². The van der Waals surface area contributed by atoms with Crippen molar-refractivity contribution in [2.75, 3.05) is 5.43 Å². The van der Waals surface area contributed by atoms with Crippen LogP contribution in [0.15, 0.2) is 29.1 Å². The molecule has 1 aromatic heterocycles. The lowest BCUT2D eigenvalue weighted by Gasteiger charge is -2.11.